The molecular formula is C21H27N3O4S. The number of carbonyl (C=O) groups is 1. The molecule has 0 atom stereocenters. The van der Waals surface area contributed by atoms with E-state index in [1.807, 2.05) is 0 Å². The molecule has 29 heavy (non-hydrogen) atoms. The molecule has 0 bridgehead atoms. The Morgan fingerprint density at radius 2 is 1.79 bits per heavy atom. The van der Waals surface area contributed by atoms with Gasteiger partial charge >= 0.3 is 0 Å². The fourth-order valence-electron chi connectivity index (χ4n) is 3.07. The number of hydrogen-bond acceptors (Lipinski definition) is 5. The molecule has 1 saturated heterocycles. The molecule has 2 aromatic rings. The van der Waals surface area contributed by atoms with Crippen LogP contribution in [0.15, 0.2) is 53.7 Å². The number of nitrogens with zero attached hydrogens (tertiary/aromatic N) is 3. The molecule has 0 unspecified atom stereocenters. The van der Waals surface area contributed by atoms with Crippen molar-refractivity contribution in [3.8, 4) is 5.75 Å². The quantitative estimate of drug-likeness (QED) is 0.692. The Morgan fingerprint density at radius 3 is 2.38 bits per heavy atom. The lowest BCUT2D eigenvalue weighted by molar-refractivity contribution is 0.0698. The molecule has 7 nitrogen and oxygen atoms in total. The van der Waals surface area contributed by atoms with E-state index in [0.29, 0.717) is 31.2 Å². The van der Waals surface area contributed by atoms with E-state index in [0.717, 1.165) is 12.2 Å². The molecule has 3 rings (SSSR count). The molecule has 1 fully saturated rings. The monoisotopic (exact) mass is 417 g/mol. The number of rotatable bonds is 7. The van der Waals surface area contributed by atoms with E-state index in [9.17, 15) is 13.2 Å². The number of piperazine rings is 1. The van der Waals surface area contributed by atoms with Crippen LogP contribution < -0.4 is 4.74 Å². The largest absolute Gasteiger partial charge is 0.494 e. The molecular weight excluding hydrogens is 390 g/mol. The molecule has 8 heteroatoms. The van der Waals surface area contributed by atoms with E-state index in [1.54, 1.807) is 35.2 Å². The van der Waals surface area contributed by atoms with E-state index in [2.05, 4.69) is 18.8 Å². The third-order valence-corrected chi connectivity index (χ3v) is 6.75. The van der Waals surface area contributed by atoms with Crippen LogP contribution in [0.3, 0.4) is 0 Å². The summed E-state index contributed by atoms with van der Waals surface area (Å²) in [5.74, 6) is 1.23. The van der Waals surface area contributed by atoms with Crippen LogP contribution in [0.2, 0.25) is 0 Å². The van der Waals surface area contributed by atoms with Crippen LogP contribution in [0, 0.1) is 5.92 Å². The minimum absolute atomic E-state index is 0.0999. The number of aromatic nitrogens is 1. The molecule has 1 aromatic carbocycles. The molecule has 0 aliphatic carbocycles. The summed E-state index contributed by atoms with van der Waals surface area (Å²) in [7, 11) is -3.58. The Balaban J connectivity index is 1.56. The van der Waals surface area contributed by atoms with Crippen LogP contribution >= 0.6 is 0 Å². The topological polar surface area (TPSA) is 79.8 Å². The Labute approximate surface area is 172 Å². The Morgan fingerprint density at radius 1 is 1.10 bits per heavy atom. The fourth-order valence-corrected chi connectivity index (χ4v) is 4.46. The maximum absolute atomic E-state index is 12.7. The second kappa shape index (κ2) is 9.37. The standard InChI is InChI=1S/C21H27N3O4S/c1-17(2)9-15-28-19-7-5-18(6-8-19)21(25)23-11-13-24(14-12-23)29(26,27)20-4-3-10-22-16-20/h3-8,10,16-17H,9,11-15H2,1-2H3. The van der Waals surface area contributed by atoms with Crippen LogP contribution in [0.5, 0.6) is 5.75 Å². The van der Waals surface area contributed by atoms with Gasteiger partial charge in [0, 0.05) is 44.1 Å². The minimum Gasteiger partial charge on any atom is -0.494 e. The van der Waals surface area contributed by atoms with Crippen molar-refractivity contribution in [3.63, 3.8) is 0 Å². The second-order valence-corrected chi connectivity index (χ2v) is 9.38. The van der Waals surface area contributed by atoms with Crippen molar-refractivity contribution >= 4 is 15.9 Å². The van der Waals surface area contributed by atoms with Crippen LogP contribution in [0.25, 0.3) is 0 Å². The number of carbonyl (C=O) groups excluding carboxylic acids is 1. The summed E-state index contributed by atoms with van der Waals surface area (Å²) in [5.41, 5.74) is 0.574. The van der Waals surface area contributed by atoms with E-state index in [-0.39, 0.29) is 23.9 Å². The predicted octanol–water partition coefficient (Wildman–Crippen LogP) is 2.65. The van der Waals surface area contributed by atoms with Gasteiger partial charge in [0.15, 0.2) is 0 Å². The van der Waals surface area contributed by atoms with Gasteiger partial charge in [0.05, 0.1) is 6.61 Å². The predicted molar refractivity (Wildman–Crippen MR) is 110 cm³/mol. The Hall–Kier alpha value is -2.45. The first-order valence-electron chi connectivity index (χ1n) is 9.80. The van der Waals surface area contributed by atoms with Crippen molar-refractivity contribution in [2.24, 2.45) is 5.92 Å². The molecule has 1 amide bonds. The summed E-state index contributed by atoms with van der Waals surface area (Å²) in [6, 6.07) is 10.2. The van der Waals surface area contributed by atoms with Gasteiger partial charge in [-0.2, -0.15) is 4.31 Å². The van der Waals surface area contributed by atoms with Gasteiger partial charge in [0.25, 0.3) is 5.91 Å². The van der Waals surface area contributed by atoms with E-state index in [4.69, 9.17) is 4.74 Å². The van der Waals surface area contributed by atoms with Gasteiger partial charge in [0.2, 0.25) is 10.0 Å². The van der Waals surface area contributed by atoms with Crippen LogP contribution in [-0.4, -0.2) is 61.3 Å². The zero-order valence-corrected chi connectivity index (χ0v) is 17.6. The molecule has 156 valence electrons. The number of pyridine rings is 1. The van der Waals surface area contributed by atoms with Crippen molar-refractivity contribution in [3.05, 3.63) is 54.4 Å². The zero-order chi connectivity index (χ0) is 20.9. The highest BCUT2D eigenvalue weighted by atomic mass is 32.2. The first-order valence-corrected chi connectivity index (χ1v) is 11.2. The van der Waals surface area contributed by atoms with Crippen molar-refractivity contribution in [1.29, 1.82) is 0 Å². The zero-order valence-electron chi connectivity index (χ0n) is 16.8. The summed E-state index contributed by atoms with van der Waals surface area (Å²) in [6.07, 6.45) is 3.86. The summed E-state index contributed by atoms with van der Waals surface area (Å²) in [5, 5.41) is 0. The summed E-state index contributed by atoms with van der Waals surface area (Å²) in [4.78, 5) is 18.5. The molecule has 1 aromatic heterocycles. The van der Waals surface area contributed by atoms with Gasteiger partial charge in [-0.05, 0) is 48.7 Å². The van der Waals surface area contributed by atoms with Crippen molar-refractivity contribution in [1.82, 2.24) is 14.2 Å². The lowest BCUT2D eigenvalue weighted by Gasteiger charge is -2.34. The first-order chi connectivity index (χ1) is 13.9. The normalized spacial score (nSPS) is 15.5. The minimum atomic E-state index is -3.58. The van der Waals surface area contributed by atoms with Gasteiger partial charge < -0.3 is 9.64 Å². The Bertz CT molecular complexity index is 907. The van der Waals surface area contributed by atoms with E-state index < -0.39 is 10.0 Å². The fraction of sp³-hybridized carbons (Fsp3) is 0.429. The Kier molecular flexibility index (Phi) is 6.87. The summed E-state index contributed by atoms with van der Waals surface area (Å²) in [6.45, 7) is 6.17. The SMILES string of the molecule is CC(C)CCOc1ccc(C(=O)N2CCN(S(=O)(=O)c3cccnc3)CC2)cc1. The molecule has 1 aliphatic heterocycles. The molecule has 0 saturated carbocycles. The molecule has 0 spiro atoms. The number of benzene rings is 1. The molecule has 0 radical (unpaired) electrons. The summed E-state index contributed by atoms with van der Waals surface area (Å²) >= 11 is 0. The molecule has 1 aliphatic rings. The average molecular weight is 418 g/mol. The smallest absolute Gasteiger partial charge is 0.253 e. The highest BCUT2D eigenvalue weighted by molar-refractivity contribution is 7.89. The van der Waals surface area contributed by atoms with Crippen LogP contribution in [0.1, 0.15) is 30.6 Å². The third kappa shape index (κ3) is 5.33. The highest BCUT2D eigenvalue weighted by Crippen LogP contribution is 2.19. The first kappa shape index (κ1) is 21.3. The average Bonchev–Trinajstić information content (AvgIpc) is 2.74. The second-order valence-electron chi connectivity index (χ2n) is 7.44. The van der Waals surface area contributed by atoms with Crippen molar-refractivity contribution < 1.29 is 17.9 Å². The van der Waals surface area contributed by atoms with E-state index >= 15 is 0 Å². The number of sulfonamides is 1. The van der Waals surface area contributed by atoms with Gasteiger partial charge in [-0.15, -0.1) is 0 Å². The maximum atomic E-state index is 12.7. The van der Waals surface area contributed by atoms with Crippen molar-refractivity contribution in [2.45, 2.75) is 25.2 Å². The highest BCUT2D eigenvalue weighted by Gasteiger charge is 2.30. The molecule has 2 heterocycles. The number of amides is 1. The third-order valence-electron chi connectivity index (χ3n) is 4.86. The number of hydrogen-bond donors (Lipinski definition) is 0. The lowest BCUT2D eigenvalue weighted by atomic mass is 10.1. The maximum Gasteiger partial charge on any atom is 0.253 e. The molecule has 0 N–H and O–H groups in total. The van der Waals surface area contributed by atoms with Crippen molar-refractivity contribution in [2.75, 3.05) is 32.8 Å². The van der Waals surface area contributed by atoms with Gasteiger partial charge in [0.1, 0.15) is 10.6 Å². The van der Waals surface area contributed by atoms with Crippen LogP contribution in [-0.2, 0) is 10.0 Å². The van der Waals surface area contributed by atoms with Gasteiger partial charge in [-0.3, -0.25) is 9.78 Å². The summed E-state index contributed by atoms with van der Waals surface area (Å²) < 4.78 is 32.4. The lowest BCUT2D eigenvalue weighted by Crippen LogP contribution is -2.50. The van der Waals surface area contributed by atoms with Gasteiger partial charge in [-0.1, -0.05) is 13.8 Å². The number of ether oxygens (including phenoxy) is 1. The van der Waals surface area contributed by atoms with Gasteiger partial charge in [-0.25, -0.2) is 8.42 Å². The van der Waals surface area contributed by atoms with Crippen LogP contribution in [0.4, 0.5) is 0 Å². The van der Waals surface area contributed by atoms with E-state index in [1.165, 1.54) is 22.8 Å².